The van der Waals surface area contributed by atoms with Crippen LogP contribution in [0, 0.1) is 0 Å². The Morgan fingerprint density at radius 3 is 2.44 bits per heavy atom. The van der Waals surface area contributed by atoms with Crippen LogP contribution in [0.1, 0.15) is 13.8 Å². The maximum atomic E-state index is 5.81. The van der Waals surface area contributed by atoms with E-state index in [1.807, 2.05) is 6.92 Å². The van der Waals surface area contributed by atoms with Gasteiger partial charge in [-0.15, -0.1) is 0 Å². The van der Waals surface area contributed by atoms with E-state index in [-0.39, 0.29) is 5.54 Å². The third-order valence-corrected chi connectivity index (χ3v) is 3.01. The molecule has 96 valence electrons. The number of nitrogens with zero attached hydrogens (tertiary/aromatic N) is 2. The van der Waals surface area contributed by atoms with Crippen molar-refractivity contribution in [3.63, 3.8) is 0 Å². The predicted octanol–water partition coefficient (Wildman–Crippen LogP) is -0.508. The molecule has 5 heteroatoms. The van der Waals surface area contributed by atoms with E-state index in [9.17, 15) is 0 Å². The van der Waals surface area contributed by atoms with Crippen LogP contribution in [0.3, 0.4) is 0 Å². The van der Waals surface area contributed by atoms with Crippen LogP contribution >= 0.6 is 0 Å². The zero-order valence-electron chi connectivity index (χ0n) is 10.8. The lowest BCUT2D eigenvalue weighted by atomic mass is 10.1. The van der Waals surface area contributed by atoms with Gasteiger partial charge in [0, 0.05) is 39.3 Å². The molecule has 1 atom stereocenters. The summed E-state index contributed by atoms with van der Waals surface area (Å²) in [5.41, 5.74) is 9.16. The van der Waals surface area contributed by atoms with Crippen LogP contribution in [0.15, 0.2) is 0 Å². The average molecular weight is 230 g/mol. The van der Waals surface area contributed by atoms with E-state index in [0.29, 0.717) is 13.2 Å². The fourth-order valence-electron chi connectivity index (χ4n) is 1.76. The molecule has 1 aliphatic rings. The molecule has 1 saturated heterocycles. The lowest BCUT2D eigenvalue weighted by Gasteiger charge is -2.39. The quantitative estimate of drug-likeness (QED) is 0.644. The first-order chi connectivity index (χ1) is 7.59. The van der Waals surface area contributed by atoms with Gasteiger partial charge in [0.15, 0.2) is 0 Å². The van der Waals surface area contributed by atoms with Crippen molar-refractivity contribution in [1.29, 1.82) is 0 Å². The molecule has 1 rings (SSSR count). The normalized spacial score (nSPS) is 23.2. The second-order valence-electron chi connectivity index (χ2n) is 4.80. The standard InChI is InChI=1S/C11H26N4O/c1-4-16-10-11(2,9-12)13-15-7-5-14(3)6-8-15/h13H,4-10,12H2,1-3H3. The summed E-state index contributed by atoms with van der Waals surface area (Å²) in [5.74, 6) is 0. The fraction of sp³-hybridized carbons (Fsp3) is 1.00. The SMILES string of the molecule is CCOCC(C)(CN)NN1CCN(C)CC1. The first kappa shape index (κ1) is 13.9. The van der Waals surface area contributed by atoms with Gasteiger partial charge in [0.05, 0.1) is 12.1 Å². The van der Waals surface area contributed by atoms with Gasteiger partial charge in [0.2, 0.25) is 0 Å². The number of piperazine rings is 1. The van der Waals surface area contributed by atoms with Gasteiger partial charge in [0.25, 0.3) is 0 Å². The molecular formula is C11H26N4O. The van der Waals surface area contributed by atoms with E-state index in [0.717, 1.165) is 32.8 Å². The number of ether oxygens (including phenoxy) is 1. The number of hydrazine groups is 1. The molecule has 0 bridgehead atoms. The van der Waals surface area contributed by atoms with Gasteiger partial charge in [-0.2, -0.15) is 0 Å². The molecule has 0 aliphatic carbocycles. The molecule has 1 unspecified atom stereocenters. The first-order valence-electron chi connectivity index (χ1n) is 6.09. The Labute approximate surface area is 98.9 Å². The van der Waals surface area contributed by atoms with Crippen LogP contribution < -0.4 is 11.2 Å². The largest absolute Gasteiger partial charge is 0.380 e. The number of nitrogens with two attached hydrogens (primary N) is 1. The lowest BCUT2D eigenvalue weighted by Crippen LogP contribution is -2.62. The van der Waals surface area contributed by atoms with Gasteiger partial charge in [-0.1, -0.05) is 0 Å². The number of likely N-dealkylation sites (N-methyl/N-ethyl adjacent to an activating group) is 1. The zero-order chi connectivity index (χ0) is 12.0. The number of nitrogens with one attached hydrogen (secondary N) is 1. The van der Waals surface area contributed by atoms with E-state index < -0.39 is 0 Å². The van der Waals surface area contributed by atoms with Crippen molar-refractivity contribution >= 4 is 0 Å². The van der Waals surface area contributed by atoms with Crippen molar-refractivity contribution in [3.05, 3.63) is 0 Å². The second kappa shape index (κ2) is 6.51. The van der Waals surface area contributed by atoms with Gasteiger partial charge in [-0.25, -0.2) is 10.4 Å². The molecule has 0 saturated carbocycles. The van der Waals surface area contributed by atoms with Crippen LogP contribution in [0.2, 0.25) is 0 Å². The van der Waals surface area contributed by atoms with Gasteiger partial charge >= 0.3 is 0 Å². The minimum atomic E-state index is -0.147. The summed E-state index contributed by atoms with van der Waals surface area (Å²) in [4.78, 5) is 2.33. The molecule has 0 aromatic carbocycles. The predicted molar refractivity (Wildman–Crippen MR) is 66.2 cm³/mol. The molecule has 3 N–H and O–H groups in total. The first-order valence-corrected chi connectivity index (χ1v) is 6.09. The molecule has 5 nitrogen and oxygen atoms in total. The van der Waals surface area contributed by atoms with Gasteiger partial charge < -0.3 is 15.4 Å². The Hall–Kier alpha value is -0.200. The van der Waals surface area contributed by atoms with Crippen molar-refractivity contribution < 1.29 is 4.74 Å². The van der Waals surface area contributed by atoms with E-state index in [4.69, 9.17) is 10.5 Å². The summed E-state index contributed by atoms with van der Waals surface area (Å²) in [5, 5.41) is 2.26. The van der Waals surface area contributed by atoms with Crippen LogP contribution in [0.25, 0.3) is 0 Å². The Morgan fingerprint density at radius 2 is 1.94 bits per heavy atom. The van der Waals surface area contributed by atoms with Crippen molar-refractivity contribution in [1.82, 2.24) is 15.3 Å². The average Bonchev–Trinajstić information content (AvgIpc) is 2.30. The summed E-state index contributed by atoms with van der Waals surface area (Å²) in [6.07, 6.45) is 0. The number of hydrogen-bond acceptors (Lipinski definition) is 5. The fourth-order valence-corrected chi connectivity index (χ4v) is 1.76. The minimum Gasteiger partial charge on any atom is -0.380 e. The highest BCUT2D eigenvalue weighted by atomic mass is 16.5. The Morgan fingerprint density at radius 1 is 1.31 bits per heavy atom. The van der Waals surface area contributed by atoms with Crippen molar-refractivity contribution in [3.8, 4) is 0 Å². The van der Waals surface area contributed by atoms with Crippen molar-refractivity contribution in [2.24, 2.45) is 5.73 Å². The molecule has 1 heterocycles. The maximum absolute atomic E-state index is 5.81. The highest BCUT2D eigenvalue weighted by Crippen LogP contribution is 2.06. The Bertz CT molecular complexity index is 194. The summed E-state index contributed by atoms with van der Waals surface area (Å²) in [7, 11) is 2.15. The van der Waals surface area contributed by atoms with Gasteiger partial charge in [-0.05, 0) is 20.9 Å². The lowest BCUT2D eigenvalue weighted by molar-refractivity contribution is 0.0134. The molecule has 1 fully saturated rings. The van der Waals surface area contributed by atoms with Crippen LogP contribution in [-0.4, -0.2) is 68.4 Å². The summed E-state index contributed by atoms with van der Waals surface area (Å²) in [6, 6.07) is 0. The Balaban J connectivity index is 2.36. The smallest absolute Gasteiger partial charge is 0.0670 e. The topological polar surface area (TPSA) is 53.8 Å². The minimum absolute atomic E-state index is 0.147. The molecule has 16 heavy (non-hydrogen) atoms. The zero-order valence-corrected chi connectivity index (χ0v) is 10.8. The van der Waals surface area contributed by atoms with E-state index in [1.54, 1.807) is 0 Å². The van der Waals surface area contributed by atoms with E-state index in [1.165, 1.54) is 0 Å². The van der Waals surface area contributed by atoms with Gasteiger partial charge in [-0.3, -0.25) is 0 Å². The van der Waals surface area contributed by atoms with Crippen LogP contribution in [-0.2, 0) is 4.74 Å². The van der Waals surface area contributed by atoms with Crippen molar-refractivity contribution in [2.75, 3.05) is 53.0 Å². The number of rotatable bonds is 6. The summed E-state index contributed by atoms with van der Waals surface area (Å²) in [6.45, 7) is 10.4. The van der Waals surface area contributed by atoms with E-state index in [2.05, 4.69) is 29.3 Å². The molecule has 0 radical (unpaired) electrons. The highest BCUT2D eigenvalue weighted by molar-refractivity contribution is 4.84. The molecule has 1 aliphatic heterocycles. The number of hydrogen-bond donors (Lipinski definition) is 2. The maximum Gasteiger partial charge on any atom is 0.0670 e. The van der Waals surface area contributed by atoms with E-state index >= 15 is 0 Å². The van der Waals surface area contributed by atoms with Crippen LogP contribution in [0.4, 0.5) is 0 Å². The second-order valence-corrected chi connectivity index (χ2v) is 4.80. The molecule has 0 aromatic heterocycles. The van der Waals surface area contributed by atoms with Gasteiger partial charge in [0.1, 0.15) is 0 Å². The van der Waals surface area contributed by atoms with Crippen molar-refractivity contribution in [2.45, 2.75) is 19.4 Å². The third-order valence-electron chi connectivity index (χ3n) is 3.01. The Kier molecular flexibility index (Phi) is 5.64. The molecular weight excluding hydrogens is 204 g/mol. The highest BCUT2D eigenvalue weighted by Gasteiger charge is 2.26. The molecule has 0 amide bonds. The van der Waals surface area contributed by atoms with Crippen LogP contribution in [0.5, 0.6) is 0 Å². The monoisotopic (exact) mass is 230 g/mol. The summed E-state index contributed by atoms with van der Waals surface area (Å²) < 4.78 is 5.47. The summed E-state index contributed by atoms with van der Waals surface area (Å²) >= 11 is 0. The molecule has 0 aromatic rings. The molecule has 0 spiro atoms. The third kappa shape index (κ3) is 4.35.